The summed E-state index contributed by atoms with van der Waals surface area (Å²) in [6, 6.07) is 5.77. The lowest BCUT2D eigenvalue weighted by atomic mass is 10.4. The van der Waals surface area contributed by atoms with Gasteiger partial charge in [0.2, 0.25) is 0 Å². The summed E-state index contributed by atoms with van der Waals surface area (Å²) in [7, 11) is 0. The van der Waals surface area contributed by atoms with Gasteiger partial charge in [-0.1, -0.05) is 6.07 Å². The third-order valence-electron chi connectivity index (χ3n) is 3.01. The molecule has 3 rings (SSSR count). The van der Waals surface area contributed by atoms with Crippen LogP contribution in [0.15, 0.2) is 39.4 Å². The van der Waals surface area contributed by atoms with Gasteiger partial charge in [0.05, 0.1) is 5.69 Å². The number of aromatic amines is 1. The average molecular weight is 290 g/mol. The summed E-state index contributed by atoms with van der Waals surface area (Å²) in [5.41, 5.74) is 7.34. The highest BCUT2D eigenvalue weighted by atomic mass is 32.2. The van der Waals surface area contributed by atoms with Crippen molar-refractivity contribution in [2.45, 2.75) is 30.2 Å². The molecular weight excluding hydrogens is 276 g/mol. The van der Waals surface area contributed by atoms with Crippen LogP contribution >= 0.6 is 11.8 Å². The molecule has 0 atom stereocenters. The molecule has 0 spiro atoms. The maximum absolute atomic E-state index is 11.6. The molecule has 3 N–H and O–H groups in total. The number of H-pyrrole nitrogens is 1. The van der Waals surface area contributed by atoms with Crippen LogP contribution in [0.1, 0.15) is 12.6 Å². The van der Waals surface area contributed by atoms with Gasteiger partial charge in [0.15, 0.2) is 5.16 Å². The molecule has 0 fully saturated rings. The zero-order chi connectivity index (χ0) is 14.1. The van der Waals surface area contributed by atoms with E-state index in [1.807, 2.05) is 35.7 Å². The smallest absolute Gasteiger partial charge is 0.325 e. The Bertz CT molecular complexity index is 802. The van der Waals surface area contributed by atoms with Gasteiger partial charge in [0.25, 0.3) is 0 Å². The molecule has 0 aliphatic heterocycles. The predicted octanol–water partition coefficient (Wildman–Crippen LogP) is 0.849. The number of rotatable bonds is 4. The molecular formula is C12H14N6OS. The number of hydrogen-bond acceptors (Lipinski definition) is 5. The van der Waals surface area contributed by atoms with Crippen molar-refractivity contribution in [3.63, 3.8) is 0 Å². The minimum absolute atomic E-state index is 0.215. The largest absolute Gasteiger partial charge is 0.343 e. The number of nitrogens with two attached hydrogens (primary N) is 1. The number of pyridine rings is 1. The van der Waals surface area contributed by atoms with Gasteiger partial charge < -0.3 is 10.1 Å². The van der Waals surface area contributed by atoms with Gasteiger partial charge in [0.1, 0.15) is 10.7 Å². The van der Waals surface area contributed by atoms with Crippen LogP contribution < -0.4 is 11.4 Å². The van der Waals surface area contributed by atoms with E-state index in [1.165, 1.54) is 11.8 Å². The van der Waals surface area contributed by atoms with Crippen molar-refractivity contribution in [2.24, 2.45) is 5.73 Å². The molecule has 20 heavy (non-hydrogen) atoms. The van der Waals surface area contributed by atoms with E-state index < -0.39 is 0 Å². The van der Waals surface area contributed by atoms with E-state index >= 15 is 0 Å². The monoisotopic (exact) mass is 290 g/mol. The number of nitrogens with zero attached hydrogens (tertiary/aromatic N) is 4. The van der Waals surface area contributed by atoms with Crippen LogP contribution in [0.4, 0.5) is 0 Å². The molecule has 0 unspecified atom stereocenters. The van der Waals surface area contributed by atoms with E-state index in [9.17, 15) is 4.79 Å². The van der Waals surface area contributed by atoms with Crippen LogP contribution in [0.2, 0.25) is 0 Å². The molecule has 0 aromatic carbocycles. The van der Waals surface area contributed by atoms with E-state index in [0.29, 0.717) is 18.2 Å². The highest BCUT2D eigenvalue weighted by molar-refractivity contribution is 7.99. The summed E-state index contributed by atoms with van der Waals surface area (Å²) in [6.45, 7) is 2.83. The number of nitrogens with one attached hydrogen (secondary N) is 1. The summed E-state index contributed by atoms with van der Waals surface area (Å²) in [5.74, 6) is 0. The SMILES string of the molecule is CCn1c(Sc2nc3ccccn3c2CN)n[nH]c1=O. The van der Waals surface area contributed by atoms with Crippen molar-refractivity contribution < 1.29 is 0 Å². The summed E-state index contributed by atoms with van der Waals surface area (Å²) >= 11 is 1.35. The highest BCUT2D eigenvalue weighted by Crippen LogP contribution is 2.28. The second-order valence-electron chi connectivity index (χ2n) is 4.15. The highest BCUT2D eigenvalue weighted by Gasteiger charge is 2.15. The van der Waals surface area contributed by atoms with Crippen molar-refractivity contribution in [1.29, 1.82) is 0 Å². The molecule has 0 aliphatic rings. The third kappa shape index (κ3) is 2.02. The first-order valence-corrected chi connectivity index (χ1v) is 7.05. The molecule has 0 bridgehead atoms. The van der Waals surface area contributed by atoms with E-state index in [2.05, 4.69) is 15.2 Å². The molecule has 3 heterocycles. The fourth-order valence-electron chi connectivity index (χ4n) is 2.04. The lowest BCUT2D eigenvalue weighted by Gasteiger charge is -2.02. The van der Waals surface area contributed by atoms with Crippen LogP contribution in [-0.2, 0) is 13.1 Å². The molecule has 0 radical (unpaired) electrons. The molecule has 0 saturated carbocycles. The Morgan fingerprint density at radius 1 is 1.45 bits per heavy atom. The minimum atomic E-state index is -0.215. The second-order valence-corrected chi connectivity index (χ2v) is 5.11. The van der Waals surface area contributed by atoms with Gasteiger partial charge >= 0.3 is 5.69 Å². The van der Waals surface area contributed by atoms with Crippen LogP contribution in [0.3, 0.4) is 0 Å². The lowest BCUT2D eigenvalue weighted by Crippen LogP contribution is -2.16. The normalized spacial score (nSPS) is 11.3. The molecule has 3 aromatic rings. The summed E-state index contributed by atoms with van der Waals surface area (Å²) in [5, 5.41) is 7.84. The van der Waals surface area contributed by atoms with Crippen LogP contribution in [0.5, 0.6) is 0 Å². The molecule has 104 valence electrons. The maximum atomic E-state index is 11.6. The quantitative estimate of drug-likeness (QED) is 0.743. The van der Waals surface area contributed by atoms with E-state index in [-0.39, 0.29) is 5.69 Å². The third-order valence-corrected chi connectivity index (χ3v) is 4.03. The van der Waals surface area contributed by atoms with Crippen molar-refractivity contribution in [1.82, 2.24) is 24.1 Å². The van der Waals surface area contributed by atoms with Gasteiger partial charge in [-0.15, -0.1) is 5.10 Å². The number of hydrogen-bond donors (Lipinski definition) is 2. The Balaban J connectivity index is 2.08. The Labute approximate surface area is 118 Å². The van der Waals surface area contributed by atoms with Gasteiger partial charge in [0, 0.05) is 19.3 Å². The van der Waals surface area contributed by atoms with E-state index in [0.717, 1.165) is 16.4 Å². The van der Waals surface area contributed by atoms with E-state index in [1.54, 1.807) is 4.57 Å². The topological polar surface area (TPSA) is 94.0 Å². The molecule has 0 amide bonds. The summed E-state index contributed by atoms with van der Waals surface area (Å²) in [4.78, 5) is 16.1. The molecule has 7 nitrogen and oxygen atoms in total. The molecule has 3 aromatic heterocycles. The van der Waals surface area contributed by atoms with Gasteiger partial charge in [-0.3, -0.25) is 4.57 Å². The Morgan fingerprint density at radius 3 is 3.05 bits per heavy atom. The zero-order valence-electron chi connectivity index (χ0n) is 10.9. The maximum Gasteiger partial charge on any atom is 0.343 e. The minimum Gasteiger partial charge on any atom is -0.325 e. The number of fused-ring (bicyclic) bond motifs is 1. The van der Waals surface area contributed by atoms with Crippen molar-refractivity contribution in [2.75, 3.05) is 0 Å². The molecule has 0 saturated heterocycles. The number of aromatic nitrogens is 5. The lowest BCUT2D eigenvalue weighted by molar-refractivity contribution is 0.660. The first kappa shape index (κ1) is 12.9. The van der Waals surface area contributed by atoms with Crippen LogP contribution in [-0.4, -0.2) is 24.1 Å². The van der Waals surface area contributed by atoms with Gasteiger partial charge in [-0.25, -0.2) is 14.9 Å². The van der Waals surface area contributed by atoms with Gasteiger partial charge in [-0.05, 0) is 30.8 Å². The first-order chi connectivity index (χ1) is 9.74. The Kier molecular flexibility index (Phi) is 3.33. The van der Waals surface area contributed by atoms with Crippen LogP contribution in [0.25, 0.3) is 5.65 Å². The van der Waals surface area contributed by atoms with E-state index in [4.69, 9.17) is 5.73 Å². The Hall–Kier alpha value is -2.06. The summed E-state index contributed by atoms with van der Waals surface area (Å²) < 4.78 is 3.51. The standard InChI is InChI=1S/C12H14N6OS/c1-2-17-11(19)15-16-12(17)20-10-8(7-13)18-6-4-3-5-9(18)14-10/h3-6H,2,7,13H2,1H3,(H,15,19). The fourth-order valence-corrected chi connectivity index (χ4v) is 3.06. The van der Waals surface area contributed by atoms with Crippen molar-refractivity contribution in [3.8, 4) is 0 Å². The first-order valence-electron chi connectivity index (χ1n) is 6.23. The van der Waals surface area contributed by atoms with Gasteiger partial charge in [-0.2, -0.15) is 0 Å². The number of imidazole rings is 1. The predicted molar refractivity (Wildman–Crippen MR) is 75.7 cm³/mol. The van der Waals surface area contributed by atoms with Crippen LogP contribution in [0, 0.1) is 0 Å². The summed E-state index contributed by atoms with van der Waals surface area (Å²) in [6.07, 6.45) is 1.92. The van der Waals surface area contributed by atoms with Crippen molar-refractivity contribution >= 4 is 17.4 Å². The average Bonchev–Trinajstić information content (AvgIpc) is 2.99. The zero-order valence-corrected chi connectivity index (χ0v) is 11.7. The molecule has 0 aliphatic carbocycles. The fraction of sp³-hybridized carbons (Fsp3) is 0.250. The Morgan fingerprint density at radius 2 is 2.30 bits per heavy atom. The van der Waals surface area contributed by atoms with Crippen molar-refractivity contribution in [3.05, 3.63) is 40.6 Å². The molecule has 8 heteroatoms. The second kappa shape index (κ2) is 5.14.